The van der Waals surface area contributed by atoms with Crippen molar-refractivity contribution in [3.8, 4) is 5.75 Å². The second kappa shape index (κ2) is 6.85. The maximum Gasteiger partial charge on any atom is 0.128 e. The summed E-state index contributed by atoms with van der Waals surface area (Å²) in [4.78, 5) is 2.12. The van der Waals surface area contributed by atoms with Gasteiger partial charge in [-0.05, 0) is 32.6 Å². The minimum atomic E-state index is 0.661. The van der Waals surface area contributed by atoms with Gasteiger partial charge in [0, 0.05) is 12.1 Å². The van der Waals surface area contributed by atoms with E-state index in [1.807, 2.05) is 38.4 Å². The molecule has 0 atom stereocenters. The van der Waals surface area contributed by atoms with E-state index in [2.05, 4.69) is 10.1 Å². The van der Waals surface area contributed by atoms with E-state index in [4.69, 9.17) is 9.94 Å². The van der Waals surface area contributed by atoms with Gasteiger partial charge in [0.2, 0.25) is 0 Å². The van der Waals surface area contributed by atoms with Crippen molar-refractivity contribution in [3.05, 3.63) is 29.8 Å². The molecule has 4 heteroatoms. The van der Waals surface area contributed by atoms with Crippen LogP contribution < -0.4 is 4.74 Å². The van der Waals surface area contributed by atoms with Crippen LogP contribution in [0.2, 0.25) is 0 Å². The largest absolute Gasteiger partial charge is 0.493 e. The minimum absolute atomic E-state index is 0.661. The third kappa shape index (κ3) is 4.31. The predicted molar refractivity (Wildman–Crippen MR) is 64.5 cm³/mol. The van der Waals surface area contributed by atoms with Crippen molar-refractivity contribution in [2.24, 2.45) is 5.16 Å². The molecule has 1 aromatic carbocycles. The van der Waals surface area contributed by atoms with Crippen LogP contribution in [-0.2, 0) is 0 Å². The highest BCUT2D eigenvalue weighted by molar-refractivity contribution is 5.82. The lowest BCUT2D eigenvalue weighted by Gasteiger charge is -2.11. The Labute approximate surface area is 96.1 Å². The lowest BCUT2D eigenvalue weighted by Crippen LogP contribution is -2.15. The van der Waals surface area contributed by atoms with Gasteiger partial charge in [-0.2, -0.15) is 0 Å². The number of hydrogen-bond donors (Lipinski definition) is 1. The fourth-order valence-electron chi connectivity index (χ4n) is 1.34. The van der Waals surface area contributed by atoms with E-state index < -0.39 is 0 Å². The van der Waals surface area contributed by atoms with E-state index in [0.29, 0.717) is 6.61 Å². The van der Waals surface area contributed by atoms with Gasteiger partial charge in [0.1, 0.15) is 5.75 Å². The number of nitrogens with zero attached hydrogens (tertiary/aromatic N) is 2. The summed E-state index contributed by atoms with van der Waals surface area (Å²) in [5.41, 5.74) is 0.787. The summed E-state index contributed by atoms with van der Waals surface area (Å²) in [7, 11) is 4.07. The molecule has 0 saturated heterocycles. The molecule has 0 unspecified atom stereocenters. The van der Waals surface area contributed by atoms with E-state index in [9.17, 15) is 0 Å². The smallest absolute Gasteiger partial charge is 0.128 e. The second-order valence-electron chi connectivity index (χ2n) is 3.79. The van der Waals surface area contributed by atoms with Crippen molar-refractivity contribution in [1.29, 1.82) is 0 Å². The molecule has 4 nitrogen and oxygen atoms in total. The molecule has 0 radical (unpaired) electrons. The number of para-hydroxylation sites is 1. The molecule has 0 spiro atoms. The van der Waals surface area contributed by atoms with Crippen LogP contribution in [0.3, 0.4) is 0 Å². The molecule has 0 aliphatic heterocycles. The van der Waals surface area contributed by atoms with Crippen molar-refractivity contribution in [3.63, 3.8) is 0 Å². The Kier molecular flexibility index (Phi) is 5.36. The SMILES string of the molecule is CN(C)CCCOc1ccccc1C=NO. The molecule has 88 valence electrons. The molecule has 0 amide bonds. The highest BCUT2D eigenvalue weighted by Crippen LogP contribution is 2.15. The molecule has 0 fully saturated rings. The summed E-state index contributed by atoms with van der Waals surface area (Å²) >= 11 is 0. The Morgan fingerprint density at radius 2 is 2.12 bits per heavy atom. The van der Waals surface area contributed by atoms with Crippen LogP contribution in [0.4, 0.5) is 0 Å². The summed E-state index contributed by atoms with van der Waals surface area (Å²) < 4.78 is 5.61. The lowest BCUT2D eigenvalue weighted by atomic mass is 10.2. The van der Waals surface area contributed by atoms with E-state index in [1.54, 1.807) is 0 Å². The van der Waals surface area contributed by atoms with E-state index in [0.717, 1.165) is 24.3 Å². The van der Waals surface area contributed by atoms with Crippen molar-refractivity contribution in [2.45, 2.75) is 6.42 Å². The molecule has 0 heterocycles. The van der Waals surface area contributed by atoms with Crippen molar-refractivity contribution < 1.29 is 9.94 Å². The van der Waals surface area contributed by atoms with Gasteiger partial charge >= 0.3 is 0 Å². The highest BCUT2D eigenvalue weighted by Gasteiger charge is 2.00. The van der Waals surface area contributed by atoms with Crippen LogP contribution >= 0.6 is 0 Å². The molecular formula is C12H18N2O2. The van der Waals surface area contributed by atoms with Crippen molar-refractivity contribution in [1.82, 2.24) is 4.90 Å². The van der Waals surface area contributed by atoms with Gasteiger partial charge in [0.15, 0.2) is 0 Å². The number of benzene rings is 1. The third-order valence-corrected chi connectivity index (χ3v) is 2.12. The Bertz CT molecular complexity index is 338. The maximum absolute atomic E-state index is 8.50. The summed E-state index contributed by atoms with van der Waals surface area (Å²) in [5, 5.41) is 11.5. The van der Waals surface area contributed by atoms with Gasteiger partial charge in [-0.15, -0.1) is 0 Å². The van der Waals surface area contributed by atoms with Crippen LogP contribution in [0.5, 0.6) is 5.75 Å². The number of rotatable bonds is 6. The molecule has 16 heavy (non-hydrogen) atoms. The second-order valence-corrected chi connectivity index (χ2v) is 3.79. The van der Waals surface area contributed by atoms with E-state index in [-0.39, 0.29) is 0 Å². The molecule has 0 saturated carbocycles. The summed E-state index contributed by atoms with van der Waals surface area (Å²) in [5.74, 6) is 0.749. The maximum atomic E-state index is 8.50. The zero-order chi connectivity index (χ0) is 11.8. The fraction of sp³-hybridized carbons (Fsp3) is 0.417. The molecule has 1 rings (SSSR count). The van der Waals surface area contributed by atoms with Crippen LogP contribution in [-0.4, -0.2) is 43.6 Å². The predicted octanol–water partition coefficient (Wildman–Crippen LogP) is 1.83. The van der Waals surface area contributed by atoms with Gasteiger partial charge < -0.3 is 14.8 Å². The Morgan fingerprint density at radius 1 is 1.38 bits per heavy atom. The van der Waals surface area contributed by atoms with E-state index in [1.165, 1.54) is 6.21 Å². The molecule has 1 N–H and O–H groups in total. The zero-order valence-electron chi connectivity index (χ0n) is 9.76. The molecule has 0 bridgehead atoms. The molecule has 0 aliphatic rings. The topological polar surface area (TPSA) is 45.1 Å². The first-order chi connectivity index (χ1) is 7.74. The van der Waals surface area contributed by atoms with Crippen molar-refractivity contribution in [2.75, 3.05) is 27.2 Å². The molecule has 0 aromatic heterocycles. The molecule has 0 aliphatic carbocycles. The summed E-state index contributed by atoms with van der Waals surface area (Å²) in [6, 6.07) is 7.49. The van der Waals surface area contributed by atoms with Gasteiger partial charge in [0.25, 0.3) is 0 Å². The first kappa shape index (κ1) is 12.5. The monoisotopic (exact) mass is 222 g/mol. The average molecular weight is 222 g/mol. The molecular weight excluding hydrogens is 204 g/mol. The Morgan fingerprint density at radius 3 is 2.81 bits per heavy atom. The Hall–Kier alpha value is -1.55. The number of oxime groups is 1. The first-order valence-corrected chi connectivity index (χ1v) is 5.28. The first-order valence-electron chi connectivity index (χ1n) is 5.28. The normalized spacial score (nSPS) is 11.2. The van der Waals surface area contributed by atoms with E-state index >= 15 is 0 Å². The highest BCUT2D eigenvalue weighted by atomic mass is 16.5. The quantitative estimate of drug-likeness (QED) is 0.345. The Balaban J connectivity index is 2.46. The van der Waals surface area contributed by atoms with Crippen molar-refractivity contribution >= 4 is 6.21 Å². The van der Waals surface area contributed by atoms with Crippen LogP contribution in [0.15, 0.2) is 29.4 Å². The number of ether oxygens (including phenoxy) is 1. The van der Waals surface area contributed by atoms with Gasteiger partial charge in [-0.25, -0.2) is 0 Å². The van der Waals surface area contributed by atoms with Crippen LogP contribution in [0.25, 0.3) is 0 Å². The lowest BCUT2D eigenvalue weighted by molar-refractivity contribution is 0.281. The fourth-order valence-corrected chi connectivity index (χ4v) is 1.34. The van der Waals surface area contributed by atoms with Gasteiger partial charge in [0.05, 0.1) is 12.8 Å². The van der Waals surface area contributed by atoms with Crippen LogP contribution in [0.1, 0.15) is 12.0 Å². The molecule has 1 aromatic rings. The van der Waals surface area contributed by atoms with Gasteiger partial charge in [-0.1, -0.05) is 17.3 Å². The third-order valence-electron chi connectivity index (χ3n) is 2.12. The summed E-state index contributed by atoms with van der Waals surface area (Å²) in [6.07, 6.45) is 2.35. The summed E-state index contributed by atoms with van der Waals surface area (Å²) in [6.45, 7) is 1.66. The van der Waals surface area contributed by atoms with Gasteiger partial charge in [-0.3, -0.25) is 0 Å². The average Bonchev–Trinajstić information content (AvgIpc) is 2.26. The zero-order valence-corrected chi connectivity index (χ0v) is 9.76. The van der Waals surface area contributed by atoms with Crippen LogP contribution in [0, 0.1) is 0 Å². The standard InChI is InChI=1S/C12H18N2O2/c1-14(2)8-5-9-16-12-7-4-3-6-11(12)10-13-15/h3-4,6-7,10,15H,5,8-9H2,1-2H3. The minimum Gasteiger partial charge on any atom is -0.493 e. The number of hydrogen-bond acceptors (Lipinski definition) is 4.